The van der Waals surface area contributed by atoms with Crippen LogP contribution in [0.5, 0.6) is 0 Å². The standard InChI is InChI=1S/C8H3F3N2O4/c9-8(10,11)5-4(7(14)15)17-6(12-5)3-1-2-16-13-3/h1-2H,(H,14,15). The third-order valence-corrected chi connectivity index (χ3v) is 1.75. The van der Waals surface area contributed by atoms with Gasteiger partial charge in [0.25, 0.3) is 0 Å². The minimum atomic E-state index is -4.92. The van der Waals surface area contributed by atoms with Gasteiger partial charge in [-0.2, -0.15) is 13.2 Å². The molecular weight excluding hydrogens is 245 g/mol. The maximum Gasteiger partial charge on any atom is 0.437 e. The summed E-state index contributed by atoms with van der Waals surface area (Å²) in [5.41, 5.74) is -1.73. The molecule has 0 aliphatic heterocycles. The molecule has 0 fully saturated rings. The number of alkyl halides is 3. The number of hydrogen-bond acceptors (Lipinski definition) is 5. The van der Waals surface area contributed by atoms with E-state index in [1.165, 1.54) is 6.07 Å². The summed E-state index contributed by atoms with van der Waals surface area (Å²) in [5, 5.41) is 11.9. The number of carboxylic acid groups (broad SMARTS) is 1. The predicted octanol–water partition coefficient (Wildman–Crippen LogP) is 2.05. The lowest BCUT2D eigenvalue weighted by molar-refractivity contribution is -0.141. The van der Waals surface area contributed by atoms with Gasteiger partial charge in [0, 0.05) is 6.07 Å². The van der Waals surface area contributed by atoms with Crippen molar-refractivity contribution in [3.8, 4) is 11.6 Å². The summed E-state index contributed by atoms with van der Waals surface area (Å²) in [6.45, 7) is 0. The van der Waals surface area contributed by atoms with Gasteiger partial charge < -0.3 is 14.0 Å². The van der Waals surface area contributed by atoms with Crippen LogP contribution in [0.25, 0.3) is 11.6 Å². The van der Waals surface area contributed by atoms with Gasteiger partial charge in [-0.15, -0.1) is 0 Å². The number of carbonyl (C=O) groups is 1. The molecule has 9 heteroatoms. The molecule has 6 nitrogen and oxygen atoms in total. The SMILES string of the molecule is O=C(O)c1oc(-c2ccon2)nc1C(F)(F)F. The zero-order chi connectivity index (χ0) is 12.6. The summed E-state index contributed by atoms with van der Waals surface area (Å²) < 4.78 is 46.2. The number of rotatable bonds is 2. The topological polar surface area (TPSA) is 89.4 Å². The highest BCUT2D eigenvalue weighted by atomic mass is 19.4. The first-order valence-corrected chi connectivity index (χ1v) is 4.11. The van der Waals surface area contributed by atoms with Gasteiger partial charge >= 0.3 is 12.1 Å². The summed E-state index contributed by atoms with van der Waals surface area (Å²) in [6, 6.07) is 1.19. The van der Waals surface area contributed by atoms with Gasteiger partial charge in [-0.3, -0.25) is 0 Å². The molecule has 0 aromatic carbocycles. The number of oxazole rings is 1. The fourth-order valence-corrected chi connectivity index (χ4v) is 1.09. The van der Waals surface area contributed by atoms with Crippen molar-refractivity contribution in [2.45, 2.75) is 6.18 Å². The molecule has 0 spiro atoms. The van der Waals surface area contributed by atoms with Crippen molar-refractivity contribution < 1.29 is 32.0 Å². The van der Waals surface area contributed by atoms with Crippen molar-refractivity contribution >= 4 is 5.97 Å². The fourth-order valence-electron chi connectivity index (χ4n) is 1.09. The average molecular weight is 248 g/mol. The minimum absolute atomic E-state index is 0.122. The number of hydrogen-bond donors (Lipinski definition) is 1. The maximum atomic E-state index is 12.4. The van der Waals surface area contributed by atoms with Crippen molar-refractivity contribution in [2.75, 3.05) is 0 Å². The molecule has 0 unspecified atom stereocenters. The lowest BCUT2D eigenvalue weighted by atomic mass is 10.3. The number of halogens is 3. The molecule has 0 saturated carbocycles. The zero-order valence-electron chi connectivity index (χ0n) is 7.85. The average Bonchev–Trinajstić information content (AvgIpc) is 2.85. The van der Waals surface area contributed by atoms with Crippen molar-refractivity contribution in [1.82, 2.24) is 10.1 Å². The first-order chi connectivity index (χ1) is 7.89. The highest BCUT2D eigenvalue weighted by molar-refractivity contribution is 5.86. The van der Waals surface area contributed by atoms with Crippen LogP contribution in [0, 0.1) is 0 Å². The molecule has 2 rings (SSSR count). The molecule has 0 bridgehead atoms. The van der Waals surface area contributed by atoms with E-state index in [1.54, 1.807) is 0 Å². The Morgan fingerprint density at radius 3 is 2.53 bits per heavy atom. The molecule has 0 aliphatic rings. The van der Waals surface area contributed by atoms with Crippen LogP contribution in [-0.4, -0.2) is 21.2 Å². The van der Waals surface area contributed by atoms with Gasteiger partial charge in [0.2, 0.25) is 11.7 Å². The van der Waals surface area contributed by atoms with Crippen LogP contribution in [0.1, 0.15) is 16.2 Å². The van der Waals surface area contributed by atoms with Crippen LogP contribution in [0.2, 0.25) is 0 Å². The number of carboxylic acids is 1. The fraction of sp³-hybridized carbons (Fsp3) is 0.125. The van der Waals surface area contributed by atoms with Crippen molar-refractivity contribution in [3.63, 3.8) is 0 Å². The monoisotopic (exact) mass is 248 g/mol. The summed E-state index contributed by atoms with van der Waals surface area (Å²) in [6.07, 6.45) is -3.83. The van der Waals surface area contributed by atoms with Crippen LogP contribution >= 0.6 is 0 Å². The summed E-state index contributed by atoms with van der Waals surface area (Å²) in [5.74, 6) is -3.71. The molecule has 2 aromatic rings. The Kier molecular flexibility index (Phi) is 2.37. The summed E-state index contributed by atoms with van der Waals surface area (Å²) in [7, 11) is 0. The number of aromatic carboxylic acids is 1. The first-order valence-electron chi connectivity index (χ1n) is 4.11. The highest BCUT2D eigenvalue weighted by Crippen LogP contribution is 2.33. The van der Waals surface area contributed by atoms with E-state index in [9.17, 15) is 18.0 Å². The van der Waals surface area contributed by atoms with Crippen LogP contribution in [0.15, 0.2) is 21.3 Å². The van der Waals surface area contributed by atoms with Crippen molar-refractivity contribution in [1.29, 1.82) is 0 Å². The molecule has 0 atom stereocenters. The molecular formula is C8H3F3N2O4. The number of aromatic nitrogens is 2. The second-order valence-electron chi connectivity index (χ2n) is 2.88. The Morgan fingerprint density at radius 2 is 2.12 bits per heavy atom. The van der Waals surface area contributed by atoms with Crippen LogP contribution in [0.3, 0.4) is 0 Å². The molecule has 90 valence electrons. The summed E-state index contributed by atoms with van der Waals surface area (Å²) in [4.78, 5) is 13.6. The Labute approximate surface area is 90.7 Å². The number of nitrogens with zero attached hydrogens (tertiary/aromatic N) is 2. The van der Waals surface area contributed by atoms with Crippen molar-refractivity contribution in [2.24, 2.45) is 0 Å². The lowest BCUT2D eigenvalue weighted by Gasteiger charge is -2.00. The van der Waals surface area contributed by atoms with E-state index in [0.717, 1.165) is 6.26 Å². The van der Waals surface area contributed by atoms with Gasteiger partial charge in [-0.25, -0.2) is 9.78 Å². The second-order valence-corrected chi connectivity index (χ2v) is 2.88. The van der Waals surface area contributed by atoms with E-state index in [4.69, 9.17) is 5.11 Å². The van der Waals surface area contributed by atoms with Gasteiger partial charge in [0.05, 0.1) is 0 Å². The molecule has 2 heterocycles. The Morgan fingerprint density at radius 1 is 1.41 bits per heavy atom. The maximum absolute atomic E-state index is 12.4. The predicted molar refractivity (Wildman–Crippen MR) is 44.0 cm³/mol. The van der Waals surface area contributed by atoms with Crippen LogP contribution in [-0.2, 0) is 6.18 Å². The third kappa shape index (κ3) is 1.98. The van der Waals surface area contributed by atoms with Crippen LogP contribution < -0.4 is 0 Å². The Bertz CT molecular complexity index is 544. The lowest BCUT2D eigenvalue weighted by Crippen LogP contribution is -2.11. The molecule has 0 saturated heterocycles. The van der Waals surface area contributed by atoms with E-state index < -0.39 is 29.5 Å². The largest absolute Gasteiger partial charge is 0.475 e. The smallest absolute Gasteiger partial charge is 0.437 e. The quantitative estimate of drug-likeness (QED) is 0.874. The summed E-state index contributed by atoms with van der Waals surface area (Å²) >= 11 is 0. The van der Waals surface area contributed by atoms with E-state index in [1.807, 2.05) is 0 Å². The molecule has 17 heavy (non-hydrogen) atoms. The molecule has 2 aromatic heterocycles. The Hall–Kier alpha value is -2.32. The molecule has 0 amide bonds. The van der Waals surface area contributed by atoms with Crippen molar-refractivity contribution in [3.05, 3.63) is 23.8 Å². The van der Waals surface area contributed by atoms with Gasteiger partial charge in [0.15, 0.2) is 11.4 Å². The van der Waals surface area contributed by atoms with Gasteiger partial charge in [0.1, 0.15) is 6.26 Å². The zero-order valence-corrected chi connectivity index (χ0v) is 7.85. The first kappa shape index (κ1) is 11.2. The van der Waals surface area contributed by atoms with E-state index in [-0.39, 0.29) is 5.69 Å². The van der Waals surface area contributed by atoms with E-state index in [2.05, 4.69) is 19.1 Å². The second kappa shape index (κ2) is 3.61. The van der Waals surface area contributed by atoms with Gasteiger partial charge in [-0.05, 0) is 0 Å². The molecule has 0 radical (unpaired) electrons. The van der Waals surface area contributed by atoms with E-state index >= 15 is 0 Å². The van der Waals surface area contributed by atoms with Crippen LogP contribution in [0.4, 0.5) is 13.2 Å². The molecule has 0 aliphatic carbocycles. The highest BCUT2D eigenvalue weighted by Gasteiger charge is 2.41. The minimum Gasteiger partial charge on any atom is -0.475 e. The normalized spacial score (nSPS) is 11.7. The van der Waals surface area contributed by atoms with E-state index in [0.29, 0.717) is 0 Å². The van der Waals surface area contributed by atoms with Gasteiger partial charge in [-0.1, -0.05) is 5.16 Å². The third-order valence-electron chi connectivity index (χ3n) is 1.75. The molecule has 1 N–H and O–H groups in total. The Balaban J connectivity index is 2.56.